The van der Waals surface area contributed by atoms with Crippen LogP contribution in [-0.2, 0) is 16.1 Å². The number of rotatable bonds is 6. The summed E-state index contributed by atoms with van der Waals surface area (Å²) in [5, 5.41) is 9.64. The molecule has 17 heavy (non-hydrogen) atoms. The molecule has 0 aliphatic carbocycles. The van der Waals surface area contributed by atoms with E-state index in [2.05, 4.69) is 15.9 Å². The zero-order chi connectivity index (χ0) is 12.7. The number of halogens is 1. The molecule has 0 radical (unpaired) electrons. The summed E-state index contributed by atoms with van der Waals surface area (Å²) < 4.78 is 5.11. The van der Waals surface area contributed by atoms with Crippen molar-refractivity contribution >= 4 is 21.9 Å². The molecular formula is C13H17BrO3. The molecule has 0 saturated carbocycles. The molecule has 1 aromatic rings. The molecular weight excluding hydrogens is 284 g/mol. The molecule has 2 atom stereocenters. The lowest BCUT2D eigenvalue weighted by atomic mass is 10.1. The number of aliphatic hydroxyl groups is 1. The minimum Gasteiger partial charge on any atom is -0.460 e. The molecule has 0 unspecified atom stereocenters. The van der Waals surface area contributed by atoms with Gasteiger partial charge in [0.2, 0.25) is 0 Å². The van der Waals surface area contributed by atoms with Gasteiger partial charge in [0.25, 0.3) is 0 Å². The Morgan fingerprint density at radius 3 is 2.65 bits per heavy atom. The lowest BCUT2D eigenvalue weighted by Gasteiger charge is -2.15. The lowest BCUT2D eigenvalue weighted by Crippen LogP contribution is -2.30. The largest absolute Gasteiger partial charge is 0.460 e. The predicted octanol–water partition coefficient (Wildman–Crippen LogP) is 2.65. The molecule has 4 heteroatoms. The number of ether oxygens (including phenoxy) is 1. The van der Waals surface area contributed by atoms with Gasteiger partial charge in [-0.05, 0) is 12.0 Å². The summed E-state index contributed by atoms with van der Waals surface area (Å²) >= 11 is 3.16. The number of carbonyl (C=O) groups is 1. The zero-order valence-electron chi connectivity index (χ0n) is 9.80. The number of esters is 1. The molecule has 0 amide bonds. The third-order valence-corrected chi connectivity index (χ3v) is 3.36. The van der Waals surface area contributed by atoms with Crippen molar-refractivity contribution in [1.82, 2.24) is 0 Å². The van der Waals surface area contributed by atoms with E-state index in [1.54, 1.807) is 0 Å². The summed E-state index contributed by atoms with van der Waals surface area (Å²) in [5.74, 6) is -0.421. The molecule has 1 rings (SSSR count). The SMILES string of the molecule is CCC[C@H](O)[C@H](Br)C(=O)OCc1ccccc1. The highest BCUT2D eigenvalue weighted by atomic mass is 79.9. The fourth-order valence-corrected chi connectivity index (χ4v) is 1.80. The number of alkyl halides is 1. The van der Waals surface area contributed by atoms with Gasteiger partial charge in [-0.25, -0.2) is 0 Å². The van der Waals surface area contributed by atoms with Crippen LogP contribution in [0.25, 0.3) is 0 Å². The quantitative estimate of drug-likeness (QED) is 0.649. The van der Waals surface area contributed by atoms with Gasteiger partial charge in [0, 0.05) is 0 Å². The fraction of sp³-hybridized carbons (Fsp3) is 0.462. The Labute approximate surface area is 110 Å². The highest BCUT2D eigenvalue weighted by molar-refractivity contribution is 9.10. The van der Waals surface area contributed by atoms with Crippen LogP contribution in [-0.4, -0.2) is 22.0 Å². The van der Waals surface area contributed by atoms with Crippen molar-refractivity contribution in [2.75, 3.05) is 0 Å². The second kappa shape index (κ2) is 7.45. The number of aliphatic hydroxyl groups excluding tert-OH is 1. The standard InChI is InChI=1S/C13H17BrO3/c1-2-6-11(15)12(14)13(16)17-9-10-7-4-3-5-8-10/h3-5,7-8,11-12,15H,2,6,9H2,1H3/t11-,12-/m0/s1. The Morgan fingerprint density at radius 2 is 2.06 bits per heavy atom. The molecule has 1 aromatic carbocycles. The average Bonchev–Trinajstić information content (AvgIpc) is 2.36. The smallest absolute Gasteiger partial charge is 0.322 e. The third kappa shape index (κ3) is 4.88. The third-order valence-electron chi connectivity index (χ3n) is 2.37. The van der Waals surface area contributed by atoms with Crippen LogP contribution in [0, 0.1) is 0 Å². The summed E-state index contributed by atoms with van der Waals surface area (Å²) in [5.41, 5.74) is 0.936. The minimum absolute atomic E-state index is 0.237. The van der Waals surface area contributed by atoms with Gasteiger partial charge in [-0.3, -0.25) is 4.79 Å². The minimum atomic E-state index is -0.691. The van der Waals surface area contributed by atoms with Crippen molar-refractivity contribution in [2.45, 2.75) is 37.3 Å². The summed E-state index contributed by atoms with van der Waals surface area (Å²) in [6, 6.07) is 9.46. The number of hydrogen-bond donors (Lipinski definition) is 1. The molecule has 0 saturated heterocycles. The van der Waals surface area contributed by atoms with E-state index in [4.69, 9.17) is 4.74 Å². The molecule has 0 aliphatic rings. The monoisotopic (exact) mass is 300 g/mol. The van der Waals surface area contributed by atoms with Crippen molar-refractivity contribution in [1.29, 1.82) is 0 Å². The van der Waals surface area contributed by atoms with Gasteiger partial charge < -0.3 is 9.84 Å². The predicted molar refractivity (Wildman–Crippen MR) is 69.9 cm³/mol. The summed E-state index contributed by atoms with van der Waals surface area (Å²) in [6.45, 7) is 2.19. The van der Waals surface area contributed by atoms with Crippen molar-refractivity contribution < 1.29 is 14.6 Å². The Kier molecular flexibility index (Phi) is 6.22. The van der Waals surface area contributed by atoms with E-state index in [-0.39, 0.29) is 6.61 Å². The first kappa shape index (κ1) is 14.2. The maximum Gasteiger partial charge on any atom is 0.322 e. The van der Waals surface area contributed by atoms with E-state index in [9.17, 15) is 9.90 Å². The van der Waals surface area contributed by atoms with Crippen LogP contribution >= 0.6 is 15.9 Å². The van der Waals surface area contributed by atoms with Gasteiger partial charge in [-0.1, -0.05) is 59.6 Å². The lowest BCUT2D eigenvalue weighted by molar-refractivity contribution is -0.146. The topological polar surface area (TPSA) is 46.5 Å². The van der Waals surface area contributed by atoms with Gasteiger partial charge >= 0.3 is 5.97 Å². The van der Waals surface area contributed by atoms with E-state index in [0.29, 0.717) is 6.42 Å². The highest BCUT2D eigenvalue weighted by Crippen LogP contribution is 2.14. The van der Waals surface area contributed by atoms with E-state index < -0.39 is 16.9 Å². The summed E-state index contributed by atoms with van der Waals surface area (Å²) in [7, 11) is 0. The van der Waals surface area contributed by atoms with Gasteiger partial charge in [0.05, 0.1) is 6.10 Å². The molecule has 1 N–H and O–H groups in total. The van der Waals surface area contributed by atoms with Crippen LogP contribution in [0.2, 0.25) is 0 Å². The Bertz CT molecular complexity index is 340. The maximum atomic E-state index is 11.6. The molecule has 0 fully saturated rings. The Balaban J connectivity index is 2.39. The number of hydrogen-bond acceptors (Lipinski definition) is 3. The first-order chi connectivity index (χ1) is 8.15. The maximum absolute atomic E-state index is 11.6. The summed E-state index contributed by atoms with van der Waals surface area (Å²) in [6.07, 6.45) is 0.717. The van der Waals surface area contributed by atoms with Crippen LogP contribution in [0.15, 0.2) is 30.3 Å². The fourth-order valence-electron chi connectivity index (χ4n) is 1.41. The molecule has 0 aliphatic heterocycles. The Morgan fingerprint density at radius 1 is 1.41 bits per heavy atom. The molecule has 0 aromatic heterocycles. The van der Waals surface area contributed by atoms with E-state index >= 15 is 0 Å². The average molecular weight is 301 g/mol. The van der Waals surface area contributed by atoms with Gasteiger partial charge in [0.1, 0.15) is 11.4 Å². The van der Waals surface area contributed by atoms with Crippen LogP contribution in [0.3, 0.4) is 0 Å². The van der Waals surface area contributed by atoms with E-state index in [0.717, 1.165) is 12.0 Å². The molecule has 3 nitrogen and oxygen atoms in total. The van der Waals surface area contributed by atoms with Crippen molar-refractivity contribution in [3.05, 3.63) is 35.9 Å². The summed E-state index contributed by atoms with van der Waals surface area (Å²) in [4.78, 5) is 11.0. The van der Waals surface area contributed by atoms with Gasteiger partial charge in [0.15, 0.2) is 0 Å². The van der Waals surface area contributed by atoms with Crippen molar-refractivity contribution in [3.8, 4) is 0 Å². The van der Waals surface area contributed by atoms with Crippen molar-refractivity contribution in [3.63, 3.8) is 0 Å². The normalized spacial score (nSPS) is 14.1. The molecule has 0 heterocycles. The van der Waals surface area contributed by atoms with Gasteiger partial charge in [-0.15, -0.1) is 0 Å². The second-order valence-electron chi connectivity index (χ2n) is 3.85. The van der Waals surface area contributed by atoms with Crippen LogP contribution in [0.1, 0.15) is 25.3 Å². The Hall–Kier alpha value is -0.870. The van der Waals surface area contributed by atoms with Crippen LogP contribution in [0.4, 0.5) is 0 Å². The van der Waals surface area contributed by atoms with Crippen LogP contribution < -0.4 is 0 Å². The number of benzene rings is 1. The van der Waals surface area contributed by atoms with E-state index in [1.165, 1.54) is 0 Å². The van der Waals surface area contributed by atoms with Gasteiger partial charge in [-0.2, -0.15) is 0 Å². The van der Waals surface area contributed by atoms with E-state index in [1.807, 2.05) is 37.3 Å². The molecule has 94 valence electrons. The second-order valence-corrected chi connectivity index (χ2v) is 4.84. The zero-order valence-corrected chi connectivity index (χ0v) is 11.4. The molecule has 0 spiro atoms. The highest BCUT2D eigenvalue weighted by Gasteiger charge is 2.24. The molecule has 0 bridgehead atoms. The van der Waals surface area contributed by atoms with Crippen molar-refractivity contribution in [2.24, 2.45) is 0 Å². The first-order valence-corrected chi connectivity index (χ1v) is 6.59. The number of carbonyl (C=O) groups excluding carboxylic acids is 1. The van der Waals surface area contributed by atoms with Crippen LogP contribution in [0.5, 0.6) is 0 Å². The first-order valence-electron chi connectivity index (χ1n) is 5.67.